The largest absolute Gasteiger partial charge is 0.291 e. The van der Waals surface area contributed by atoms with Gasteiger partial charge in [0.1, 0.15) is 0 Å². The zero-order chi connectivity index (χ0) is 17.6. The first-order valence-electron chi connectivity index (χ1n) is 9.13. The van der Waals surface area contributed by atoms with Crippen molar-refractivity contribution < 1.29 is 0 Å². The first-order valence-corrected chi connectivity index (χ1v) is 11.1. The normalized spacial score (nSPS) is 18.5. The second-order valence-electron chi connectivity index (χ2n) is 6.61. The fraction of sp³-hybridized carbons (Fsp3) is 0.364. The van der Waals surface area contributed by atoms with Crippen LogP contribution in [0, 0.1) is 0 Å². The molecule has 132 valence electrons. The molecule has 0 bridgehead atoms. The van der Waals surface area contributed by atoms with E-state index in [0.29, 0.717) is 5.37 Å². The fourth-order valence-electron chi connectivity index (χ4n) is 3.28. The Balaban J connectivity index is 1.85. The molecular weight excluding hydrogens is 437 g/mol. The molecule has 0 amide bonds. The van der Waals surface area contributed by atoms with Crippen molar-refractivity contribution in [3.63, 3.8) is 0 Å². The van der Waals surface area contributed by atoms with Gasteiger partial charge in [0, 0.05) is 8.48 Å². The summed E-state index contributed by atoms with van der Waals surface area (Å²) in [5, 5.41) is 0.432. The molecule has 0 radical (unpaired) electrons. The molecule has 0 saturated heterocycles. The maximum absolute atomic E-state index is 2.53. The number of fused-ring (bicyclic) bond motifs is 1. The summed E-state index contributed by atoms with van der Waals surface area (Å²) in [4.78, 5) is 3.95. The third-order valence-corrected chi connectivity index (χ3v) is 7.72. The Morgan fingerprint density at radius 2 is 1.72 bits per heavy atom. The van der Waals surface area contributed by atoms with Gasteiger partial charge < -0.3 is 0 Å². The second-order valence-corrected chi connectivity index (χ2v) is 8.78. The van der Waals surface area contributed by atoms with Gasteiger partial charge in [0.2, 0.25) is 0 Å². The summed E-state index contributed by atoms with van der Waals surface area (Å²) in [6.45, 7) is 3.44. The number of unbranched alkanes of at least 4 members (excludes halogenated alkanes) is 3. The van der Waals surface area contributed by atoms with Crippen LogP contribution in [-0.4, -0.2) is 18.5 Å². The monoisotopic (exact) mass is 463 g/mol. The second kappa shape index (κ2) is 9.24. The molecule has 1 aliphatic heterocycles. The number of nitrogens with zero attached hydrogens (tertiary/aromatic N) is 1. The topological polar surface area (TPSA) is 3.24 Å². The van der Waals surface area contributed by atoms with E-state index in [1.54, 1.807) is 0 Å². The molecule has 0 aliphatic carbocycles. The molecular formula is C22H26INS. The molecule has 0 spiro atoms. The lowest BCUT2D eigenvalue weighted by Gasteiger charge is -2.24. The lowest BCUT2D eigenvalue weighted by atomic mass is 10.0. The van der Waals surface area contributed by atoms with Crippen LogP contribution in [0.3, 0.4) is 0 Å². The van der Waals surface area contributed by atoms with Gasteiger partial charge in [-0.05, 0) is 59.3 Å². The lowest BCUT2D eigenvalue weighted by Crippen LogP contribution is -2.22. The van der Waals surface area contributed by atoms with Crippen LogP contribution in [0.2, 0.25) is 0 Å². The standard InChI is InChI=1S/C22H26INS/c1-3-4-5-11-16-24(2)22-19-15-10-9-14-18(19)21(25-22)20(23)17-12-7-6-8-13-17/h6-10,12-15,22H,3-5,11,16H2,1-2H3/b21-20+. The Morgan fingerprint density at radius 3 is 2.48 bits per heavy atom. The number of hydrogen-bond donors (Lipinski definition) is 0. The van der Waals surface area contributed by atoms with Crippen LogP contribution in [0.1, 0.15) is 54.7 Å². The zero-order valence-corrected chi connectivity index (χ0v) is 18.0. The third-order valence-electron chi connectivity index (χ3n) is 4.69. The van der Waals surface area contributed by atoms with E-state index in [1.165, 1.54) is 57.4 Å². The van der Waals surface area contributed by atoms with Crippen LogP contribution < -0.4 is 0 Å². The van der Waals surface area contributed by atoms with Crippen molar-refractivity contribution in [1.82, 2.24) is 4.90 Å². The number of benzene rings is 2. The lowest BCUT2D eigenvalue weighted by molar-refractivity contribution is 0.310. The molecule has 0 N–H and O–H groups in total. The first kappa shape index (κ1) is 19.0. The molecule has 2 aromatic carbocycles. The summed E-state index contributed by atoms with van der Waals surface area (Å²) in [5.41, 5.74) is 4.18. The van der Waals surface area contributed by atoms with Crippen molar-refractivity contribution in [2.24, 2.45) is 0 Å². The van der Waals surface area contributed by atoms with Crippen molar-refractivity contribution in [3.8, 4) is 0 Å². The highest BCUT2D eigenvalue weighted by Gasteiger charge is 2.31. The average molecular weight is 463 g/mol. The van der Waals surface area contributed by atoms with Gasteiger partial charge in [0.25, 0.3) is 0 Å². The minimum atomic E-state index is 0.432. The van der Waals surface area contributed by atoms with Crippen molar-refractivity contribution in [2.45, 2.75) is 38.0 Å². The molecule has 1 nitrogen and oxygen atoms in total. The summed E-state index contributed by atoms with van der Waals surface area (Å²) < 4.78 is 1.36. The van der Waals surface area contributed by atoms with Crippen LogP contribution >= 0.6 is 34.4 Å². The molecule has 0 saturated carbocycles. The summed E-state index contributed by atoms with van der Waals surface area (Å²) in [7, 11) is 2.28. The van der Waals surface area contributed by atoms with Crippen molar-refractivity contribution in [3.05, 3.63) is 71.3 Å². The summed E-state index contributed by atoms with van der Waals surface area (Å²) in [6.07, 6.45) is 5.27. The van der Waals surface area contributed by atoms with Gasteiger partial charge in [-0.2, -0.15) is 0 Å². The van der Waals surface area contributed by atoms with Gasteiger partial charge in [-0.3, -0.25) is 4.90 Å². The Hall–Kier alpha value is -0.780. The highest BCUT2D eigenvalue weighted by Crippen LogP contribution is 2.55. The predicted octanol–water partition coefficient (Wildman–Crippen LogP) is 7.20. The average Bonchev–Trinajstić information content (AvgIpc) is 3.05. The summed E-state index contributed by atoms with van der Waals surface area (Å²) in [5.74, 6) is 0. The smallest absolute Gasteiger partial charge is 0.0865 e. The van der Waals surface area contributed by atoms with Crippen molar-refractivity contribution >= 4 is 42.8 Å². The molecule has 0 fully saturated rings. The maximum Gasteiger partial charge on any atom is 0.0865 e. The van der Waals surface area contributed by atoms with Gasteiger partial charge in [-0.1, -0.05) is 80.8 Å². The van der Waals surface area contributed by atoms with Crippen molar-refractivity contribution in [2.75, 3.05) is 13.6 Å². The molecule has 1 unspecified atom stereocenters. The quantitative estimate of drug-likeness (QED) is 0.315. The van der Waals surface area contributed by atoms with Crippen LogP contribution in [0.4, 0.5) is 0 Å². The van der Waals surface area contributed by atoms with Crippen LogP contribution in [0.5, 0.6) is 0 Å². The number of rotatable bonds is 7. The van der Waals surface area contributed by atoms with Gasteiger partial charge >= 0.3 is 0 Å². The molecule has 2 aromatic rings. The first-order chi connectivity index (χ1) is 12.2. The SMILES string of the molecule is CCCCCCN(C)C1S/C(=C(/I)c2ccccc2)c2ccccc21. The van der Waals surface area contributed by atoms with Gasteiger partial charge in [0.15, 0.2) is 0 Å². The Labute approximate surface area is 170 Å². The molecule has 1 aliphatic rings. The van der Waals surface area contributed by atoms with E-state index in [0.717, 1.165) is 0 Å². The number of thioether (sulfide) groups is 1. The highest BCUT2D eigenvalue weighted by molar-refractivity contribution is 14.1. The highest BCUT2D eigenvalue weighted by atomic mass is 127. The minimum Gasteiger partial charge on any atom is -0.291 e. The van der Waals surface area contributed by atoms with E-state index in [2.05, 4.69) is 96.1 Å². The van der Waals surface area contributed by atoms with E-state index in [4.69, 9.17) is 0 Å². The summed E-state index contributed by atoms with van der Waals surface area (Å²) in [6, 6.07) is 19.7. The van der Waals surface area contributed by atoms with Gasteiger partial charge in [-0.25, -0.2) is 0 Å². The molecule has 25 heavy (non-hydrogen) atoms. The van der Waals surface area contributed by atoms with E-state index in [9.17, 15) is 0 Å². The minimum absolute atomic E-state index is 0.432. The van der Waals surface area contributed by atoms with E-state index in [-0.39, 0.29) is 0 Å². The van der Waals surface area contributed by atoms with Crippen LogP contribution in [-0.2, 0) is 0 Å². The predicted molar refractivity (Wildman–Crippen MR) is 121 cm³/mol. The molecule has 3 heteroatoms. The van der Waals surface area contributed by atoms with Crippen LogP contribution in [0.15, 0.2) is 54.6 Å². The van der Waals surface area contributed by atoms with Gasteiger partial charge in [0.05, 0.1) is 5.37 Å². The van der Waals surface area contributed by atoms with E-state index in [1.807, 2.05) is 11.8 Å². The third kappa shape index (κ3) is 4.50. The molecule has 1 atom stereocenters. The molecule has 1 heterocycles. The Bertz CT molecular complexity index is 726. The maximum atomic E-state index is 2.53. The van der Waals surface area contributed by atoms with E-state index < -0.39 is 0 Å². The van der Waals surface area contributed by atoms with Crippen molar-refractivity contribution in [1.29, 1.82) is 0 Å². The number of halogens is 1. The summed E-state index contributed by atoms with van der Waals surface area (Å²) >= 11 is 4.53. The van der Waals surface area contributed by atoms with Crippen LogP contribution in [0.25, 0.3) is 8.48 Å². The number of hydrogen-bond acceptors (Lipinski definition) is 2. The fourth-order valence-corrected chi connectivity index (χ4v) is 5.68. The Morgan fingerprint density at radius 1 is 1.00 bits per heavy atom. The molecule has 3 rings (SSSR count). The molecule has 0 aromatic heterocycles. The van der Waals surface area contributed by atoms with E-state index >= 15 is 0 Å². The van der Waals surface area contributed by atoms with Gasteiger partial charge in [-0.15, -0.1) is 11.8 Å². The Kier molecular flexibility index (Phi) is 7.02. The zero-order valence-electron chi connectivity index (χ0n) is 15.0.